The summed E-state index contributed by atoms with van der Waals surface area (Å²) >= 11 is 0. The number of morpholine rings is 1. The second kappa shape index (κ2) is 9.73. The molecule has 1 heterocycles. The maximum Gasteiger partial charge on any atom is 0.242 e. The number of rotatable bonds is 5. The first-order valence-corrected chi connectivity index (χ1v) is 9.22. The van der Waals surface area contributed by atoms with E-state index in [1.54, 1.807) is 0 Å². The van der Waals surface area contributed by atoms with Crippen LogP contribution in [0.4, 0.5) is 5.69 Å². The Morgan fingerprint density at radius 2 is 1.78 bits per heavy atom. The highest BCUT2D eigenvalue weighted by molar-refractivity contribution is 5.95. The molecule has 3 rings (SSSR count). The van der Waals surface area contributed by atoms with Gasteiger partial charge in [-0.05, 0) is 24.6 Å². The zero-order valence-corrected chi connectivity index (χ0v) is 15.6. The quantitative estimate of drug-likeness (QED) is 0.630. The van der Waals surface area contributed by atoms with Crippen LogP contribution in [0.2, 0.25) is 0 Å². The minimum absolute atomic E-state index is 0.0520. The number of anilines is 1. The van der Waals surface area contributed by atoms with Crippen LogP contribution in [0.1, 0.15) is 11.1 Å². The number of hydrogen-bond donors (Lipinski definition) is 2. The summed E-state index contributed by atoms with van der Waals surface area (Å²) in [4.78, 5) is 18.8. The first-order chi connectivity index (χ1) is 13.2. The fourth-order valence-corrected chi connectivity index (χ4v) is 2.75. The van der Waals surface area contributed by atoms with E-state index < -0.39 is 0 Å². The summed E-state index contributed by atoms with van der Waals surface area (Å²) in [7, 11) is 0. The minimum atomic E-state index is 0.0520. The summed E-state index contributed by atoms with van der Waals surface area (Å²) in [6.45, 7) is 5.28. The van der Waals surface area contributed by atoms with Gasteiger partial charge in [-0.2, -0.15) is 0 Å². The summed E-state index contributed by atoms with van der Waals surface area (Å²) in [5, 5.41) is 6.42. The Kier molecular flexibility index (Phi) is 6.82. The molecular formula is C21H26N4O2. The topological polar surface area (TPSA) is 66.0 Å². The fourth-order valence-electron chi connectivity index (χ4n) is 2.75. The molecule has 0 spiro atoms. The van der Waals surface area contributed by atoms with Gasteiger partial charge < -0.3 is 20.3 Å². The van der Waals surface area contributed by atoms with Gasteiger partial charge in [-0.3, -0.25) is 4.79 Å². The molecule has 2 N–H and O–H groups in total. The van der Waals surface area contributed by atoms with Crippen molar-refractivity contribution in [3.8, 4) is 0 Å². The van der Waals surface area contributed by atoms with Crippen molar-refractivity contribution in [2.24, 2.45) is 4.99 Å². The van der Waals surface area contributed by atoms with Gasteiger partial charge in [0.25, 0.3) is 0 Å². The van der Waals surface area contributed by atoms with Crippen LogP contribution in [-0.4, -0.2) is 49.6 Å². The Hall–Kier alpha value is -2.86. The maximum absolute atomic E-state index is 12.4. The number of hydrogen-bond acceptors (Lipinski definition) is 3. The molecule has 0 atom stereocenters. The number of nitrogens with zero attached hydrogens (tertiary/aromatic N) is 2. The Morgan fingerprint density at radius 1 is 1.07 bits per heavy atom. The highest BCUT2D eigenvalue weighted by Crippen LogP contribution is 2.07. The predicted molar refractivity (Wildman–Crippen MR) is 108 cm³/mol. The number of guanidine groups is 1. The zero-order valence-electron chi connectivity index (χ0n) is 15.6. The lowest BCUT2D eigenvalue weighted by molar-refractivity contribution is -0.134. The number of para-hydroxylation sites is 1. The average Bonchev–Trinajstić information content (AvgIpc) is 2.72. The zero-order chi connectivity index (χ0) is 18.9. The van der Waals surface area contributed by atoms with Crippen molar-refractivity contribution in [1.29, 1.82) is 0 Å². The van der Waals surface area contributed by atoms with Crippen LogP contribution in [0.25, 0.3) is 0 Å². The van der Waals surface area contributed by atoms with Crippen LogP contribution in [0.5, 0.6) is 0 Å². The van der Waals surface area contributed by atoms with E-state index >= 15 is 0 Å². The smallest absolute Gasteiger partial charge is 0.242 e. The lowest BCUT2D eigenvalue weighted by Gasteiger charge is -2.27. The van der Waals surface area contributed by atoms with Crippen molar-refractivity contribution in [3.05, 3.63) is 65.7 Å². The van der Waals surface area contributed by atoms with Gasteiger partial charge in [0.15, 0.2) is 5.96 Å². The molecule has 1 saturated heterocycles. The van der Waals surface area contributed by atoms with Crippen LogP contribution >= 0.6 is 0 Å². The summed E-state index contributed by atoms with van der Waals surface area (Å²) in [6, 6.07) is 18.1. The molecule has 2 aromatic rings. The third-order valence-electron chi connectivity index (χ3n) is 4.35. The Bertz CT molecular complexity index is 754. The normalized spacial score (nSPS) is 14.7. The molecular weight excluding hydrogens is 340 g/mol. The third-order valence-corrected chi connectivity index (χ3v) is 4.35. The second-order valence-electron chi connectivity index (χ2n) is 6.49. The summed E-state index contributed by atoms with van der Waals surface area (Å²) < 4.78 is 5.30. The first kappa shape index (κ1) is 18.9. The number of nitrogens with one attached hydrogen (secondary N) is 2. The Balaban J connectivity index is 1.64. The summed E-state index contributed by atoms with van der Waals surface area (Å²) in [6.07, 6.45) is 0. The highest BCUT2D eigenvalue weighted by Gasteiger charge is 2.16. The number of carbonyl (C=O) groups excluding carboxylic acids is 1. The van der Waals surface area contributed by atoms with Crippen molar-refractivity contribution >= 4 is 17.6 Å². The van der Waals surface area contributed by atoms with Crippen LogP contribution in [0, 0.1) is 6.92 Å². The summed E-state index contributed by atoms with van der Waals surface area (Å²) in [5.74, 6) is 0.639. The third kappa shape index (κ3) is 6.11. The van der Waals surface area contributed by atoms with Crippen molar-refractivity contribution < 1.29 is 9.53 Å². The van der Waals surface area contributed by atoms with Gasteiger partial charge in [0.1, 0.15) is 0 Å². The van der Waals surface area contributed by atoms with E-state index in [-0.39, 0.29) is 12.5 Å². The Morgan fingerprint density at radius 3 is 2.48 bits per heavy atom. The molecule has 2 aromatic carbocycles. The van der Waals surface area contributed by atoms with Crippen LogP contribution in [0.3, 0.4) is 0 Å². The maximum atomic E-state index is 12.4. The Labute approximate surface area is 160 Å². The molecule has 1 aliphatic heterocycles. The number of ether oxygens (including phenoxy) is 1. The van der Waals surface area contributed by atoms with Gasteiger partial charge in [0.2, 0.25) is 5.91 Å². The molecule has 0 aromatic heterocycles. The van der Waals surface area contributed by atoms with E-state index in [0.717, 1.165) is 11.3 Å². The second-order valence-corrected chi connectivity index (χ2v) is 6.49. The number of amides is 1. The van der Waals surface area contributed by atoms with E-state index in [1.807, 2.05) is 35.2 Å². The average molecular weight is 366 g/mol. The minimum Gasteiger partial charge on any atom is -0.378 e. The van der Waals surface area contributed by atoms with E-state index in [2.05, 4.69) is 46.8 Å². The molecule has 0 unspecified atom stereocenters. The van der Waals surface area contributed by atoms with Gasteiger partial charge in [-0.25, -0.2) is 4.99 Å². The van der Waals surface area contributed by atoms with E-state index in [9.17, 15) is 4.79 Å². The largest absolute Gasteiger partial charge is 0.378 e. The molecule has 6 heteroatoms. The molecule has 6 nitrogen and oxygen atoms in total. The molecule has 142 valence electrons. The van der Waals surface area contributed by atoms with E-state index in [1.165, 1.54) is 5.56 Å². The van der Waals surface area contributed by atoms with Crippen LogP contribution in [-0.2, 0) is 16.1 Å². The van der Waals surface area contributed by atoms with Gasteiger partial charge >= 0.3 is 0 Å². The summed E-state index contributed by atoms with van der Waals surface area (Å²) in [5.41, 5.74) is 3.26. The van der Waals surface area contributed by atoms with Gasteiger partial charge in [0, 0.05) is 18.8 Å². The van der Waals surface area contributed by atoms with E-state index in [4.69, 9.17) is 4.74 Å². The van der Waals surface area contributed by atoms with Crippen molar-refractivity contribution in [1.82, 2.24) is 10.2 Å². The molecule has 0 radical (unpaired) electrons. The monoisotopic (exact) mass is 366 g/mol. The highest BCUT2D eigenvalue weighted by atomic mass is 16.5. The first-order valence-electron chi connectivity index (χ1n) is 9.22. The number of aryl methyl sites for hydroxylation is 1. The standard InChI is InChI=1S/C21H26N4O2/c1-17-7-9-18(10-8-17)15-22-21(24-19-5-3-2-4-6-19)23-16-20(26)25-11-13-27-14-12-25/h2-10H,11-16H2,1H3,(H2,22,23,24). The number of carbonyl (C=O) groups is 1. The van der Waals surface area contributed by atoms with Crippen LogP contribution in [0.15, 0.2) is 59.6 Å². The van der Waals surface area contributed by atoms with Crippen molar-refractivity contribution in [3.63, 3.8) is 0 Å². The fraction of sp³-hybridized carbons (Fsp3) is 0.333. The number of benzene rings is 2. The SMILES string of the molecule is Cc1ccc(CN=C(NCC(=O)N2CCOCC2)Nc2ccccc2)cc1. The van der Waals surface area contributed by atoms with E-state index in [0.29, 0.717) is 38.8 Å². The molecule has 27 heavy (non-hydrogen) atoms. The van der Waals surface area contributed by atoms with Gasteiger partial charge in [-0.1, -0.05) is 48.0 Å². The van der Waals surface area contributed by atoms with Gasteiger partial charge in [0.05, 0.1) is 26.3 Å². The number of aliphatic imine (C=N–C) groups is 1. The van der Waals surface area contributed by atoms with Crippen molar-refractivity contribution in [2.75, 3.05) is 38.2 Å². The molecule has 0 aliphatic carbocycles. The lowest BCUT2D eigenvalue weighted by Crippen LogP contribution is -2.46. The molecule has 0 saturated carbocycles. The lowest BCUT2D eigenvalue weighted by atomic mass is 10.1. The molecule has 1 fully saturated rings. The molecule has 1 aliphatic rings. The predicted octanol–water partition coefficient (Wildman–Crippen LogP) is 2.41. The molecule has 1 amide bonds. The van der Waals surface area contributed by atoms with Gasteiger partial charge in [-0.15, -0.1) is 0 Å². The van der Waals surface area contributed by atoms with Crippen molar-refractivity contribution in [2.45, 2.75) is 13.5 Å². The molecule has 0 bridgehead atoms. The van der Waals surface area contributed by atoms with Crippen LogP contribution < -0.4 is 10.6 Å².